The highest BCUT2D eigenvalue weighted by atomic mass is 32.1. The molecule has 130 valence electrons. The van der Waals surface area contributed by atoms with Gasteiger partial charge in [0.1, 0.15) is 5.82 Å². The van der Waals surface area contributed by atoms with E-state index < -0.39 is 0 Å². The number of rotatable bonds is 4. The predicted molar refractivity (Wildman–Crippen MR) is 96.0 cm³/mol. The van der Waals surface area contributed by atoms with Crippen LogP contribution >= 0.6 is 11.3 Å². The van der Waals surface area contributed by atoms with Gasteiger partial charge in [-0.3, -0.25) is 9.80 Å². The molecule has 2 fully saturated rings. The SMILES string of the molecule is Cn1ccnc1CN1CCC2(CC1)CN(Cc1cccs1)CCO2. The molecule has 0 N–H and O–H groups in total. The van der Waals surface area contributed by atoms with Crippen LogP contribution in [0.3, 0.4) is 0 Å². The first-order chi connectivity index (χ1) is 11.7. The Hall–Kier alpha value is -1.21. The molecule has 2 aromatic rings. The molecule has 2 aliphatic rings. The van der Waals surface area contributed by atoms with E-state index in [1.807, 2.05) is 23.7 Å². The van der Waals surface area contributed by atoms with Gasteiger partial charge in [-0.2, -0.15) is 0 Å². The number of piperidine rings is 1. The summed E-state index contributed by atoms with van der Waals surface area (Å²) in [4.78, 5) is 11.0. The molecule has 4 heterocycles. The molecule has 4 rings (SSSR count). The van der Waals surface area contributed by atoms with Gasteiger partial charge in [-0.25, -0.2) is 4.98 Å². The van der Waals surface area contributed by atoms with Crippen LogP contribution in [-0.2, 0) is 24.9 Å². The summed E-state index contributed by atoms with van der Waals surface area (Å²) in [5, 5.41) is 2.17. The number of hydrogen-bond donors (Lipinski definition) is 0. The fourth-order valence-electron chi connectivity index (χ4n) is 3.85. The van der Waals surface area contributed by atoms with Gasteiger partial charge in [-0.15, -0.1) is 11.3 Å². The number of likely N-dealkylation sites (tertiary alicyclic amines) is 1. The molecule has 0 aromatic carbocycles. The standard InChI is InChI=1S/C18H26N4OS/c1-20-9-6-19-17(20)14-21-7-4-18(5-8-21)15-22(10-11-23-18)13-16-3-2-12-24-16/h2-3,6,9,12H,4-5,7-8,10-11,13-15H2,1H3. The molecule has 1 spiro atoms. The van der Waals surface area contributed by atoms with Crippen LogP contribution in [0.4, 0.5) is 0 Å². The molecule has 0 radical (unpaired) electrons. The highest BCUT2D eigenvalue weighted by molar-refractivity contribution is 7.09. The van der Waals surface area contributed by atoms with Gasteiger partial charge >= 0.3 is 0 Å². The van der Waals surface area contributed by atoms with Gasteiger partial charge in [0.15, 0.2) is 0 Å². The smallest absolute Gasteiger partial charge is 0.122 e. The highest BCUT2D eigenvalue weighted by Gasteiger charge is 2.39. The summed E-state index contributed by atoms with van der Waals surface area (Å²) < 4.78 is 8.39. The van der Waals surface area contributed by atoms with Crippen molar-refractivity contribution in [3.05, 3.63) is 40.6 Å². The summed E-state index contributed by atoms with van der Waals surface area (Å²) in [6, 6.07) is 4.38. The Labute approximate surface area is 147 Å². The third-order valence-corrected chi connectivity index (χ3v) is 6.20. The Morgan fingerprint density at radius 1 is 1.21 bits per heavy atom. The minimum Gasteiger partial charge on any atom is -0.372 e. The van der Waals surface area contributed by atoms with Crippen LogP contribution < -0.4 is 0 Å². The average molecular weight is 347 g/mol. The summed E-state index contributed by atoms with van der Waals surface area (Å²) in [6.45, 7) is 7.19. The highest BCUT2D eigenvalue weighted by Crippen LogP contribution is 2.31. The van der Waals surface area contributed by atoms with Crippen molar-refractivity contribution in [3.63, 3.8) is 0 Å². The molecule has 24 heavy (non-hydrogen) atoms. The van der Waals surface area contributed by atoms with Crippen LogP contribution in [-0.4, -0.2) is 57.7 Å². The molecular weight excluding hydrogens is 320 g/mol. The zero-order chi connectivity index (χ0) is 16.4. The number of hydrogen-bond acceptors (Lipinski definition) is 5. The van der Waals surface area contributed by atoms with Crippen molar-refractivity contribution in [2.45, 2.75) is 31.5 Å². The zero-order valence-electron chi connectivity index (χ0n) is 14.4. The minimum absolute atomic E-state index is 0.0631. The first-order valence-corrected chi connectivity index (χ1v) is 9.68. The van der Waals surface area contributed by atoms with Crippen molar-refractivity contribution in [3.8, 4) is 0 Å². The van der Waals surface area contributed by atoms with Crippen LogP contribution in [0.1, 0.15) is 23.5 Å². The minimum atomic E-state index is 0.0631. The zero-order valence-corrected chi connectivity index (χ0v) is 15.2. The quantitative estimate of drug-likeness (QED) is 0.851. The van der Waals surface area contributed by atoms with Gasteiger partial charge in [0.2, 0.25) is 0 Å². The Balaban J connectivity index is 1.33. The number of nitrogens with zero attached hydrogens (tertiary/aromatic N) is 4. The molecule has 2 saturated heterocycles. The van der Waals surface area contributed by atoms with Gasteiger partial charge in [0.25, 0.3) is 0 Å². The lowest BCUT2D eigenvalue weighted by atomic mass is 9.89. The monoisotopic (exact) mass is 346 g/mol. The van der Waals surface area contributed by atoms with Crippen LogP contribution in [0.2, 0.25) is 0 Å². The maximum absolute atomic E-state index is 6.28. The fraction of sp³-hybridized carbons (Fsp3) is 0.611. The average Bonchev–Trinajstić information content (AvgIpc) is 3.23. The van der Waals surface area contributed by atoms with Gasteiger partial charge in [0, 0.05) is 57.0 Å². The molecule has 5 nitrogen and oxygen atoms in total. The second kappa shape index (κ2) is 6.96. The van der Waals surface area contributed by atoms with Crippen LogP contribution in [0.25, 0.3) is 0 Å². The summed E-state index contributed by atoms with van der Waals surface area (Å²) >= 11 is 1.86. The Morgan fingerprint density at radius 2 is 2.08 bits per heavy atom. The third-order valence-electron chi connectivity index (χ3n) is 5.34. The topological polar surface area (TPSA) is 33.5 Å². The normalized spacial score (nSPS) is 22.2. The van der Waals surface area contributed by atoms with E-state index in [9.17, 15) is 0 Å². The molecule has 0 unspecified atom stereocenters. The molecule has 6 heteroatoms. The van der Waals surface area contributed by atoms with E-state index in [1.54, 1.807) is 0 Å². The maximum atomic E-state index is 6.28. The Morgan fingerprint density at radius 3 is 2.79 bits per heavy atom. The van der Waals surface area contributed by atoms with Crippen LogP contribution in [0.5, 0.6) is 0 Å². The molecule has 2 aliphatic heterocycles. The van der Waals surface area contributed by atoms with E-state index in [0.717, 1.165) is 64.5 Å². The summed E-state index contributed by atoms with van der Waals surface area (Å²) in [7, 11) is 2.07. The number of morpholine rings is 1. The molecule has 0 aliphatic carbocycles. The lowest BCUT2D eigenvalue weighted by molar-refractivity contribution is -0.138. The number of imidazole rings is 1. The van der Waals surface area contributed by atoms with Gasteiger partial charge in [-0.05, 0) is 24.3 Å². The molecule has 0 saturated carbocycles. The summed E-state index contributed by atoms with van der Waals surface area (Å²) in [5.41, 5.74) is 0.0631. The summed E-state index contributed by atoms with van der Waals surface area (Å²) in [6.07, 6.45) is 6.15. The van der Waals surface area contributed by atoms with E-state index in [-0.39, 0.29) is 5.60 Å². The lowest BCUT2D eigenvalue weighted by Gasteiger charge is -2.47. The van der Waals surface area contributed by atoms with E-state index in [0.29, 0.717) is 0 Å². The maximum Gasteiger partial charge on any atom is 0.122 e. The van der Waals surface area contributed by atoms with Crippen molar-refractivity contribution in [1.82, 2.24) is 19.4 Å². The number of aromatic nitrogens is 2. The Kier molecular flexibility index (Phi) is 4.72. The first kappa shape index (κ1) is 16.3. The van der Waals surface area contributed by atoms with Crippen molar-refractivity contribution in [1.29, 1.82) is 0 Å². The number of ether oxygens (including phenoxy) is 1. The van der Waals surface area contributed by atoms with Gasteiger partial charge in [0.05, 0.1) is 18.8 Å². The van der Waals surface area contributed by atoms with Gasteiger partial charge < -0.3 is 9.30 Å². The first-order valence-electron chi connectivity index (χ1n) is 8.80. The molecular formula is C18H26N4OS. The molecule has 0 atom stereocenters. The second-order valence-corrected chi connectivity index (χ2v) is 8.08. The predicted octanol–water partition coefficient (Wildman–Crippen LogP) is 2.35. The number of thiophene rings is 1. The van der Waals surface area contributed by atoms with Gasteiger partial charge in [-0.1, -0.05) is 6.07 Å². The molecule has 2 aromatic heterocycles. The van der Waals surface area contributed by atoms with E-state index >= 15 is 0 Å². The summed E-state index contributed by atoms with van der Waals surface area (Å²) in [5.74, 6) is 1.15. The van der Waals surface area contributed by atoms with E-state index in [1.165, 1.54) is 4.88 Å². The van der Waals surface area contributed by atoms with Crippen molar-refractivity contribution >= 4 is 11.3 Å². The Bertz CT molecular complexity index is 646. The van der Waals surface area contributed by atoms with Crippen LogP contribution in [0, 0.1) is 0 Å². The van der Waals surface area contributed by atoms with Crippen molar-refractivity contribution < 1.29 is 4.74 Å². The lowest BCUT2D eigenvalue weighted by Crippen LogP contribution is -2.56. The van der Waals surface area contributed by atoms with Crippen molar-refractivity contribution in [2.75, 3.05) is 32.8 Å². The second-order valence-electron chi connectivity index (χ2n) is 7.05. The number of aryl methyl sites for hydroxylation is 1. The van der Waals surface area contributed by atoms with Crippen LogP contribution in [0.15, 0.2) is 29.9 Å². The molecule has 0 amide bonds. The third kappa shape index (κ3) is 3.57. The fourth-order valence-corrected chi connectivity index (χ4v) is 4.60. The molecule has 0 bridgehead atoms. The van der Waals surface area contributed by atoms with E-state index in [2.05, 4.69) is 43.9 Å². The van der Waals surface area contributed by atoms with Crippen molar-refractivity contribution in [2.24, 2.45) is 7.05 Å². The largest absolute Gasteiger partial charge is 0.372 e. The van der Waals surface area contributed by atoms with E-state index in [4.69, 9.17) is 4.74 Å².